The molecule has 17 heavy (non-hydrogen) atoms. The first-order chi connectivity index (χ1) is 8.33. The van der Waals surface area contributed by atoms with Gasteiger partial charge in [0.2, 0.25) is 0 Å². The van der Waals surface area contributed by atoms with Crippen molar-refractivity contribution in [3.8, 4) is 11.5 Å². The van der Waals surface area contributed by atoms with E-state index < -0.39 is 0 Å². The predicted octanol–water partition coefficient (Wildman–Crippen LogP) is 2.01. The molecule has 1 aliphatic heterocycles. The number of aryl methyl sites for hydroxylation is 1. The van der Waals surface area contributed by atoms with Crippen molar-refractivity contribution in [1.29, 1.82) is 0 Å². The Morgan fingerprint density at radius 2 is 1.82 bits per heavy atom. The van der Waals surface area contributed by atoms with Crippen molar-refractivity contribution in [3.05, 3.63) is 23.8 Å². The molecular formula is C13H18O4. The van der Waals surface area contributed by atoms with Gasteiger partial charge in [-0.05, 0) is 24.1 Å². The van der Waals surface area contributed by atoms with Gasteiger partial charge in [0.25, 0.3) is 0 Å². The molecule has 0 radical (unpaired) electrons. The van der Waals surface area contributed by atoms with Crippen molar-refractivity contribution in [2.75, 3.05) is 27.4 Å². The molecule has 1 aromatic rings. The lowest BCUT2D eigenvalue weighted by Crippen LogP contribution is -2.08. The molecule has 1 aromatic carbocycles. The zero-order valence-corrected chi connectivity index (χ0v) is 10.3. The van der Waals surface area contributed by atoms with Crippen LogP contribution in [0.2, 0.25) is 0 Å². The number of hydrogen-bond acceptors (Lipinski definition) is 4. The largest absolute Gasteiger partial charge is 0.493 e. The first kappa shape index (κ1) is 12.2. The summed E-state index contributed by atoms with van der Waals surface area (Å²) >= 11 is 0. The van der Waals surface area contributed by atoms with E-state index in [9.17, 15) is 0 Å². The van der Waals surface area contributed by atoms with E-state index >= 15 is 0 Å². The Balaban J connectivity index is 1.95. The van der Waals surface area contributed by atoms with Crippen LogP contribution in [0.15, 0.2) is 18.2 Å². The van der Waals surface area contributed by atoms with E-state index in [0.717, 1.165) is 24.3 Å². The van der Waals surface area contributed by atoms with E-state index in [2.05, 4.69) is 0 Å². The summed E-state index contributed by atoms with van der Waals surface area (Å²) in [5.74, 6) is 1.52. The fourth-order valence-corrected chi connectivity index (χ4v) is 1.89. The van der Waals surface area contributed by atoms with Gasteiger partial charge in [-0.15, -0.1) is 0 Å². The number of benzene rings is 1. The van der Waals surface area contributed by atoms with E-state index in [1.54, 1.807) is 14.2 Å². The highest BCUT2D eigenvalue weighted by Gasteiger charge is 2.15. The lowest BCUT2D eigenvalue weighted by molar-refractivity contribution is -0.0462. The van der Waals surface area contributed by atoms with E-state index in [0.29, 0.717) is 13.2 Å². The van der Waals surface area contributed by atoms with Gasteiger partial charge in [0.15, 0.2) is 17.8 Å². The quantitative estimate of drug-likeness (QED) is 0.786. The summed E-state index contributed by atoms with van der Waals surface area (Å²) in [6.07, 6.45) is 1.73. The SMILES string of the molecule is COc1ccc(CCC2OCCO2)cc1OC. The van der Waals surface area contributed by atoms with E-state index in [1.165, 1.54) is 5.56 Å². The van der Waals surface area contributed by atoms with Crippen molar-refractivity contribution >= 4 is 0 Å². The molecule has 0 N–H and O–H groups in total. The van der Waals surface area contributed by atoms with Gasteiger partial charge < -0.3 is 18.9 Å². The molecule has 1 heterocycles. The van der Waals surface area contributed by atoms with Gasteiger partial charge in [-0.1, -0.05) is 6.07 Å². The maximum atomic E-state index is 5.40. The fourth-order valence-electron chi connectivity index (χ4n) is 1.89. The van der Waals surface area contributed by atoms with Crippen LogP contribution in [0.4, 0.5) is 0 Å². The first-order valence-corrected chi connectivity index (χ1v) is 5.77. The lowest BCUT2D eigenvalue weighted by atomic mass is 10.1. The van der Waals surface area contributed by atoms with Gasteiger partial charge in [0.1, 0.15) is 0 Å². The minimum Gasteiger partial charge on any atom is -0.493 e. The highest BCUT2D eigenvalue weighted by atomic mass is 16.7. The molecule has 94 valence electrons. The highest BCUT2D eigenvalue weighted by Crippen LogP contribution is 2.28. The van der Waals surface area contributed by atoms with Crippen molar-refractivity contribution in [3.63, 3.8) is 0 Å². The van der Waals surface area contributed by atoms with E-state index in [1.807, 2.05) is 18.2 Å². The molecule has 1 aliphatic rings. The Labute approximate surface area is 101 Å². The van der Waals surface area contributed by atoms with Crippen LogP contribution in [0.25, 0.3) is 0 Å². The maximum absolute atomic E-state index is 5.40. The van der Waals surface area contributed by atoms with Gasteiger partial charge in [-0.25, -0.2) is 0 Å². The van der Waals surface area contributed by atoms with Crippen LogP contribution in [-0.2, 0) is 15.9 Å². The van der Waals surface area contributed by atoms with Crippen LogP contribution in [0.5, 0.6) is 11.5 Å². The number of ether oxygens (including phenoxy) is 4. The lowest BCUT2D eigenvalue weighted by Gasteiger charge is -2.11. The van der Waals surface area contributed by atoms with Crippen molar-refractivity contribution in [2.45, 2.75) is 19.1 Å². The zero-order valence-electron chi connectivity index (χ0n) is 10.3. The molecule has 0 aromatic heterocycles. The molecule has 0 amide bonds. The third-order valence-corrected chi connectivity index (χ3v) is 2.81. The molecule has 0 spiro atoms. The Hall–Kier alpha value is -1.26. The van der Waals surface area contributed by atoms with E-state index in [4.69, 9.17) is 18.9 Å². The summed E-state index contributed by atoms with van der Waals surface area (Å²) in [7, 11) is 3.28. The third kappa shape index (κ3) is 3.11. The minimum atomic E-state index is -0.0527. The van der Waals surface area contributed by atoms with Gasteiger partial charge in [-0.3, -0.25) is 0 Å². The van der Waals surface area contributed by atoms with Crippen LogP contribution in [0.3, 0.4) is 0 Å². The number of hydrogen-bond donors (Lipinski definition) is 0. The summed E-state index contributed by atoms with van der Waals surface area (Å²) in [4.78, 5) is 0. The summed E-state index contributed by atoms with van der Waals surface area (Å²) in [5.41, 5.74) is 1.20. The summed E-state index contributed by atoms with van der Waals surface area (Å²) < 4.78 is 21.3. The molecule has 0 saturated carbocycles. The molecule has 1 saturated heterocycles. The highest BCUT2D eigenvalue weighted by molar-refractivity contribution is 5.42. The predicted molar refractivity (Wildman–Crippen MR) is 63.6 cm³/mol. The van der Waals surface area contributed by atoms with Crippen LogP contribution in [-0.4, -0.2) is 33.7 Å². The zero-order chi connectivity index (χ0) is 12.1. The molecule has 4 heteroatoms. The Morgan fingerprint density at radius 1 is 1.12 bits per heavy atom. The molecule has 2 rings (SSSR count). The Morgan fingerprint density at radius 3 is 2.47 bits per heavy atom. The molecule has 4 nitrogen and oxygen atoms in total. The average molecular weight is 238 g/mol. The van der Waals surface area contributed by atoms with Crippen LogP contribution in [0, 0.1) is 0 Å². The Kier molecular flexibility index (Phi) is 4.23. The van der Waals surface area contributed by atoms with Crippen molar-refractivity contribution < 1.29 is 18.9 Å². The topological polar surface area (TPSA) is 36.9 Å². The first-order valence-electron chi connectivity index (χ1n) is 5.77. The minimum absolute atomic E-state index is 0.0527. The smallest absolute Gasteiger partial charge is 0.160 e. The Bertz CT molecular complexity index is 358. The van der Waals surface area contributed by atoms with Crippen LogP contribution < -0.4 is 9.47 Å². The second-order valence-corrected chi connectivity index (χ2v) is 3.90. The van der Waals surface area contributed by atoms with Crippen molar-refractivity contribution in [1.82, 2.24) is 0 Å². The monoisotopic (exact) mass is 238 g/mol. The molecule has 1 fully saturated rings. The van der Waals surface area contributed by atoms with Gasteiger partial charge in [-0.2, -0.15) is 0 Å². The van der Waals surface area contributed by atoms with Crippen LogP contribution in [0.1, 0.15) is 12.0 Å². The van der Waals surface area contributed by atoms with Gasteiger partial charge >= 0.3 is 0 Å². The maximum Gasteiger partial charge on any atom is 0.160 e. The molecule has 0 bridgehead atoms. The molecule has 0 atom stereocenters. The number of rotatable bonds is 5. The number of methoxy groups -OCH3 is 2. The normalized spacial score (nSPS) is 16.1. The molecule has 0 aliphatic carbocycles. The summed E-state index contributed by atoms with van der Waals surface area (Å²) in [6.45, 7) is 1.41. The standard InChI is InChI=1S/C13H18O4/c1-14-11-5-3-10(9-12(11)15-2)4-6-13-16-7-8-17-13/h3,5,9,13H,4,6-8H2,1-2H3. The average Bonchev–Trinajstić information content (AvgIpc) is 2.89. The summed E-state index contributed by atoms with van der Waals surface area (Å²) in [5, 5.41) is 0. The van der Waals surface area contributed by atoms with Crippen molar-refractivity contribution in [2.24, 2.45) is 0 Å². The van der Waals surface area contributed by atoms with Gasteiger partial charge in [0, 0.05) is 6.42 Å². The van der Waals surface area contributed by atoms with Crippen LogP contribution >= 0.6 is 0 Å². The third-order valence-electron chi connectivity index (χ3n) is 2.81. The van der Waals surface area contributed by atoms with E-state index in [-0.39, 0.29) is 6.29 Å². The second-order valence-electron chi connectivity index (χ2n) is 3.90. The summed E-state index contributed by atoms with van der Waals surface area (Å²) in [6, 6.07) is 5.95. The van der Waals surface area contributed by atoms with Gasteiger partial charge in [0.05, 0.1) is 27.4 Å². The second kappa shape index (κ2) is 5.89. The fraction of sp³-hybridized carbons (Fsp3) is 0.538. The molecule has 0 unspecified atom stereocenters. The molecular weight excluding hydrogens is 220 g/mol.